The largest absolute Gasteiger partial charge is 0.393 e. The number of carbonyl (C=O) groups excluding carboxylic acids is 1. The van der Waals surface area contributed by atoms with E-state index >= 15 is 0 Å². The van der Waals surface area contributed by atoms with Crippen molar-refractivity contribution in [3.05, 3.63) is 33.9 Å². The average molecular weight is 280 g/mol. The standard InChI is InChI=1S/C13H20N4O3/c1-16(2)8-4-3-7-15-13(18)10-5-6-11(14)12(9-10)17(19)20/h5-6,9H,3-4,7-8,14H2,1-2H3,(H,15,18). The fourth-order valence-corrected chi connectivity index (χ4v) is 1.70. The Balaban J connectivity index is 2.51. The van der Waals surface area contributed by atoms with Gasteiger partial charge in [-0.3, -0.25) is 14.9 Å². The summed E-state index contributed by atoms with van der Waals surface area (Å²) in [4.78, 5) is 24.1. The molecular formula is C13H20N4O3. The summed E-state index contributed by atoms with van der Waals surface area (Å²) in [5.74, 6) is -0.321. The van der Waals surface area contributed by atoms with Gasteiger partial charge < -0.3 is 16.0 Å². The molecular weight excluding hydrogens is 260 g/mol. The summed E-state index contributed by atoms with van der Waals surface area (Å²) in [5, 5.41) is 13.5. The number of nitro benzene ring substituents is 1. The molecule has 0 aliphatic heterocycles. The molecule has 0 fully saturated rings. The molecule has 1 aromatic rings. The van der Waals surface area contributed by atoms with Crippen LogP contribution in [0.3, 0.4) is 0 Å². The van der Waals surface area contributed by atoms with Crippen molar-refractivity contribution in [2.24, 2.45) is 0 Å². The quantitative estimate of drug-likeness (QED) is 0.339. The summed E-state index contributed by atoms with van der Waals surface area (Å²) in [6.45, 7) is 1.51. The molecule has 1 amide bonds. The minimum Gasteiger partial charge on any atom is -0.393 e. The third kappa shape index (κ3) is 4.85. The maximum absolute atomic E-state index is 11.8. The Morgan fingerprint density at radius 2 is 2.10 bits per heavy atom. The maximum atomic E-state index is 11.8. The van der Waals surface area contributed by atoms with E-state index in [2.05, 4.69) is 10.2 Å². The van der Waals surface area contributed by atoms with Crippen molar-refractivity contribution in [1.82, 2.24) is 10.2 Å². The minimum absolute atomic E-state index is 0.0533. The molecule has 110 valence electrons. The van der Waals surface area contributed by atoms with E-state index in [4.69, 9.17) is 5.73 Å². The molecule has 0 saturated carbocycles. The molecule has 0 aromatic heterocycles. The van der Waals surface area contributed by atoms with E-state index in [-0.39, 0.29) is 22.8 Å². The highest BCUT2D eigenvalue weighted by Gasteiger charge is 2.15. The number of nitro groups is 1. The van der Waals surface area contributed by atoms with Crippen LogP contribution in [0.15, 0.2) is 18.2 Å². The van der Waals surface area contributed by atoms with Crippen molar-refractivity contribution in [2.45, 2.75) is 12.8 Å². The lowest BCUT2D eigenvalue weighted by Crippen LogP contribution is -2.25. The van der Waals surface area contributed by atoms with Gasteiger partial charge in [-0.05, 0) is 45.6 Å². The van der Waals surface area contributed by atoms with Crippen molar-refractivity contribution < 1.29 is 9.72 Å². The highest BCUT2D eigenvalue weighted by atomic mass is 16.6. The second-order valence-electron chi connectivity index (χ2n) is 4.80. The van der Waals surface area contributed by atoms with Crippen LogP contribution in [0, 0.1) is 10.1 Å². The van der Waals surface area contributed by atoms with Crippen molar-refractivity contribution in [3.8, 4) is 0 Å². The number of carbonyl (C=O) groups is 1. The monoisotopic (exact) mass is 280 g/mol. The van der Waals surface area contributed by atoms with Crippen LogP contribution in [0.4, 0.5) is 11.4 Å². The lowest BCUT2D eigenvalue weighted by molar-refractivity contribution is -0.383. The van der Waals surface area contributed by atoms with Crippen LogP contribution in [0.25, 0.3) is 0 Å². The van der Waals surface area contributed by atoms with Gasteiger partial charge in [0.15, 0.2) is 0 Å². The van der Waals surface area contributed by atoms with Crippen LogP contribution in [0.2, 0.25) is 0 Å². The number of nitrogens with one attached hydrogen (secondary N) is 1. The number of rotatable bonds is 7. The lowest BCUT2D eigenvalue weighted by atomic mass is 10.1. The molecule has 1 rings (SSSR count). The normalized spacial score (nSPS) is 10.6. The van der Waals surface area contributed by atoms with Crippen LogP contribution < -0.4 is 11.1 Å². The molecule has 0 heterocycles. The fraction of sp³-hybridized carbons (Fsp3) is 0.462. The van der Waals surface area contributed by atoms with Gasteiger partial charge in [-0.15, -0.1) is 0 Å². The summed E-state index contributed by atoms with van der Waals surface area (Å²) in [6, 6.07) is 4.06. The minimum atomic E-state index is -0.594. The number of nitrogens with zero attached hydrogens (tertiary/aromatic N) is 2. The van der Waals surface area contributed by atoms with Gasteiger partial charge in [-0.25, -0.2) is 0 Å². The summed E-state index contributed by atoms with van der Waals surface area (Å²) in [6.07, 6.45) is 1.84. The number of hydrogen-bond acceptors (Lipinski definition) is 5. The zero-order valence-corrected chi connectivity index (χ0v) is 11.8. The van der Waals surface area contributed by atoms with Crippen LogP contribution >= 0.6 is 0 Å². The Labute approximate surface area is 117 Å². The van der Waals surface area contributed by atoms with Crippen molar-refractivity contribution >= 4 is 17.3 Å². The van der Waals surface area contributed by atoms with Crippen molar-refractivity contribution in [1.29, 1.82) is 0 Å². The summed E-state index contributed by atoms with van der Waals surface area (Å²) >= 11 is 0. The molecule has 0 saturated heterocycles. The van der Waals surface area contributed by atoms with E-state index < -0.39 is 4.92 Å². The number of amides is 1. The smallest absolute Gasteiger partial charge is 0.292 e. The number of nitrogen functional groups attached to an aromatic ring is 1. The van der Waals surface area contributed by atoms with Crippen LogP contribution in [-0.2, 0) is 0 Å². The number of benzene rings is 1. The Morgan fingerprint density at radius 3 is 2.70 bits per heavy atom. The van der Waals surface area contributed by atoms with Gasteiger partial charge in [0.25, 0.3) is 11.6 Å². The summed E-state index contributed by atoms with van der Waals surface area (Å²) in [5.41, 5.74) is 5.54. The first-order valence-corrected chi connectivity index (χ1v) is 6.38. The van der Waals surface area contributed by atoms with E-state index in [1.807, 2.05) is 14.1 Å². The molecule has 1 aromatic carbocycles. The van der Waals surface area contributed by atoms with Gasteiger partial charge in [0.2, 0.25) is 0 Å². The van der Waals surface area contributed by atoms with E-state index in [0.717, 1.165) is 19.4 Å². The molecule has 0 unspecified atom stereocenters. The Kier molecular flexibility index (Phi) is 5.92. The molecule has 7 heteroatoms. The molecule has 0 radical (unpaired) electrons. The topological polar surface area (TPSA) is 102 Å². The van der Waals surface area contributed by atoms with Gasteiger partial charge in [-0.2, -0.15) is 0 Å². The number of nitrogens with two attached hydrogens (primary N) is 1. The van der Waals surface area contributed by atoms with E-state index in [1.165, 1.54) is 18.2 Å². The van der Waals surface area contributed by atoms with Gasteiger partial charge >= 0.3 is 0 Å². The number of hydrogen-bond donors (Lipinski definition) is 2. The summed E-state index contributed by atoms with van der Waals surface area (Å²) in [7, 11) is 3.98. The highest BCUT2D eigenvalue weighted by Crippen LogP contribution is 2.22. The Hall–Kier alpha value is -2.15. The molecule has 0 aliphatic carbocycles. The number of anilines is 1. The third-order valence-electron chi connectivity index (χ3n) is 2.81. The third-order valence-corrected chi connectivity index (χ3v) is 2.81. The molecule has 20 heavy (non-hydrogen) atoms. The van der Waals surface area contributed by atoms with Crippen molar-refractivity contribution in [2.75, 3.05) is 32.9 Å². The van der Waals surface area contributed by atoms with Gasteiger partial charge in [0.1, 0.15) is 5.69 Å². The van der Waals surface area contributed by atoms with E-state index in [0.29, 0.717) is 6.54 Å². The molecule has 0 aliphatic rings. The van der Waals surface area contributed by atoms with Crippen LogP contribution in [0.5, 0.6) is 0 Å². The number of unbranched alkanes of at least 4 members (excludes halogenated alkanes) is 1. The first-order valence-electron chi connectivity index (χ1n) is 6.38. The fourth-order valence-electron chi connectivity index (χ4n) is 1.70. The SMILES string of the molecule is CN(C)CCCCNC(=O)c1ccc(N)c([N+](=O)[O-])c1. The first-order chi connectivity index (χ1) is 9.41. The molecule has 0 spiro atoms. The van der Waals surface area contributed by atoms with E-state index in [9.17, 15) is 14.9 Å². The zero-order valence-electron chi connectivity index (χ0n) is 11.8. The predicted molar refractivity (Wildman–Crippen MR) is 77.6 cm³/mol. The Morgan fingerprint density at radius 1 is 1.40 bits per heavy atom. The molecule has 7 nitrogen and oxygen atoms in total. The van der Waals surface area contributed by atoms with Gasteiger partial charge in [-0.1, -0.05) is 0 Å². The molecule has 0 bridgehead atoms. The zero-order chi connectivity index (χ0) is 15.1. The summed E-state index contributed by atoms with van der Waals surface area (Å²) < 4.78 is 0. The average Bonchev–Trinajstić information content (AvgIpc) is 2.37. The lowest BCUT2D eigenvalue weighted by Gasteiger charge is -2.09. The Bertz CT molecular complexity index is 489. The molecule has 3 N–H and O–H groups in total. The highest BCUT2D eigenvalue weighted by molar-refractivity contribution is 5.95. The van der Waals surface area contributed by atoms with Crippen LogP contribution in [-0.4, -0.2) is 42.9 Å². The molecule has 0 atom stereocenters. The van der Waals surface area contributed by atoms with Crippen LogP contribution in [0.1, 0.15) is 23.2 Å². The van der Waals surface area contributed by atoms with Gasteiger partial charge in [0.05, 0.1) is 4.92 Å². The predicted octanol–water partition coefficient (Wildman–Crippen LogP) is 1.25. The van der Waals surface area contributed by atoms with E-state index in [1.54, 1.807) is 0 Å². The first kappa shape index (κ1) is 15.9. The maximum Gasteiger partial charge on any atom is 0.292 e. The van der Waals surface area contributed by atoms with Crippen molar-refractivity contribution in [3.63, 3.8) is 0 Å². The second-order valence-corrected chi connectivity index (χ2v) is 4.80. The van der Waals surface area contributed by atoms with Gasteiger partial charge in [0, 0.05) is 18.2 Å². The second kappa shape index (κ2) is 7.44.